The molecule has 2 N–H and O–H groups in total. The van der Waals surface area contributed by atoms with Crippen LogP contribution in [0.15, 0.2) is 33.6 Å². The molecule has 0 amide bonds. The Labute approximate surface area is 117 Å². The highest BCUT2D eigenvalue weighted by Gasteiger charge is 2.15. The number of hydrogen-bond donors (Lipinski definition) is 2. The molecule has 0 aliphatic heterocycles. The fourth-order valence-corrected chi connectivity index (χ4v) is 3.29. The van der Waals surface area contributed by atoms with E-state index >= 15 is 0 Å². The van der Waals surface area contributed by atoms with Crippen molar-refractivity contribution in [1.29, 1.82) is 0 Å². The maximum Gasteiger partial charge on any atom is 0.241 e. The second-order valence-electron chi connectivity index (χ2n) is 3.29. The van der Waals surface area contributed by atoms with E-state index in [0.29, 0.717) is 11.0 Å². The summed E-state index contributed by atoms with van der Waals surface area (Å²) in [6, 6.07) is 6.77. The highest BCUT2D eigenvalue weighted by atomic mass is 79.9. The van der Waals surface area contributed by atoms with Crippen molar-refractivity contribution in [2.75, 3.05) is 20.1 Å². The quantitative estimate of drug-likeness (QED) is 0.774. The minimum Gasteiger partial charge on any atom is -0.320 e. The molecule has 98 valence electrons. The number of nitrogens with one attached hydrogen (secondary N) is 2. The predicted molar refractivity (Wildman–Crippen MR) is 75.1 cm³/mol. The van der Waals surface area contributed by atoms with E-state index in [1.807, 2.05) is 7.05 Å². The van der Waals surface area contributed by atoms with Gasteiger partial charge in [0.2, 0.25) is 10.0 Å². The van der Waals surface area contributed by atoms with Crippen molar-refractivity contribution < 1.29 is 8.42 Å². The van der Waals surface area contributed by atoms with Gasteiger partial charge in [-0.15, -0.1) is 12.4 Å². The average Bonchev–Trinajstić information content (AvgIpc) is 2.25. The van der Waals surface area contributed by atoms with Crippen LogP contribution in [0, 0.1) is 0 Å². The molecule has 0 atom stereocenters. The Balaban J connectivity index is 0.00000256. The second kappa shape index (κ2) is 8.05. The number of benzene rings is 1. The van der Waals surface area contributed by atoms with Gasteiger partial charge in [0.25, 0.3) is 0 Å². The highest BCUT2D eigenvalue weighted by molar-refractivity contribution is 9.10. The van der Waals surface area contributed by atoms with Crippen LogP contribution in [0.25, 0.3) is 0 Å². The summed E-state index contributed by atoms with van der Waals surface area (Å²) >= 11 is 3.22. The standard InChI is InChI=1S/C10H15BrN2O2S.ClH/c1-12-7-4-8-13-16(14,15)10-6-3-2-5-9(10)11;/h2-3,5-6,12-13H,4,7-8H2,1H3;1H. The van der Waals surface area contributed by atoms with Gasteiger partial charge < -0.3 is 5.32 Å². The zero-order chi connectivity index (χ0) is 12.0. The van der Waals surface area contributed by atoms with E-state index in [2.05, 4.69) is 26.0 Å². The molecule has 0 aliphatic carbocycles. The number of rotatable bonds is 6. The van der Waals surface area contributed by atoms with Crippen LogP contribution in [0.4, 0.5) is 0 Å². The molecular weight excluding hydrogens is 328 g/mol. The highest BCUT2D eigenvalue weighted by Crippen LogP contribution is 2.20. The van der Waals surface area contributed by atoms with Crippen molar-refractivity contribution in [3.8, 4) is 0 Å². The van der Waals surface area contributed by atoms with Crippen molar-refractivity contribution in [1.82, 2.24) is 10.0 Å². The Bertz CT molecular complexity index is 440. The predicted octanol–water partition coefficient (Wildman–Crippen LogP) is 1.76. The van der Waals surface area contributed by atoms with E-state index in [1.165, 1.54) is 0 Å². The Kier molecular flexibility index (Phi) is 7.98. The van der Waals surface area contributed by atoms with E-state index in [9.17, 15) is 8.42 Å². The van der Waals surface area contributed by atoms with Gasteiger partial charge in [-0.05, 0) is 48.1 Å². The van der Waals surface area contributed by atoms with Gasteiger partial charge in [-0.3, -0.25) is 0 Å². The first kappa shape index (κ1) is 16.9. The fourth-order valence-electron chi connectivity index (χ4n) is 1.21. The molecule has 0 spiro atoms. The third-order valence-electron chi connectivity index (χ3n) is 2.02. The number of hydrogen-bond acceptors (Lipinski definition) is 3. The van der Waals surface area contributed by atoms with Crippen LogP contribution in [0.5, 0.6) is 0 Å². The van der Waals surface area contributed by atoms with Crippen LogP contribution in [-0.2, 0) is 10.0 Å². The lowest BCUT2D eigenvalue weighted by atomic mass is 10.4. The number of sulfonamides is 1. The van der Waals surface area contributed by atoms with Crippen LogP contribution in [0.1, 0.15) is 6.42 Å². The van der Waals surface area contributed by atoms with Crippen molar-refractivity contribution in [3.05, 3.63) is 28.7 Å². The van der Waals surface area contributed by atoms with Gasteiger partial charge >= 0.3 is 0 Å². The Morgan fingerprint density at radius 3 is 2.47 bits per heavy atom. The minimum absolute atomic E-state index is 0. The molecule has 0 heterocycles. The maximum absolute atomic E-state index is 11.9. The fraction of sp³-hybridized carbons (Fsp3) is 0.400. The molecule has 0 saturated carbocycles. The van der Waals surface area contributed by atoms with Crippen LogP contribution in [0.3, 0.4) is 0 Å². The summed E-state index contributed by atoms with van der Waals surface area (Å²) in [5.74, 6) is 0. The topological polar surface area (TPSA) is 58.2 Å². The monoisotopic (exact) mass is 342 g/mol. The largest absolute Gasteiger partial charge is 0.320 e. The van der Waals surface area contributed by atoms with Gasteiger partial charge in [-0.25, -0.2) is 13.1 Å². The lowest BCUT2D eigenvalue weighted by Gasteiger charge is -2.07. The van der Waals surface area contributed by atoms with Crippen molar-refractivity contribution in [2.24, 2.45) is 0 Å². The van der Waals surface area contributed by atoms with Gasteiger partial charge in [0, 0.05) is 11.0 Å². The van der Waals surface area contributed by atoms with Gasteiger partial charge in [0.1, 0.15) is 0 Å². The Morgan fingerprint density at radius 2 is 1.88 bits per heavy atom. The van der Waals surface area contributed by atoms with Gasteiger partial charge in [0.05, 0.1) is 4.90 Å². The number of halogens is 2. The summed E-state index contributed by atoms with van der Waals surface area (Å²) in [4.78, 5) is 0.277. The molecule has 17 heavy (non-hydrogen) atoms. The molecule has 0 aromatic heterocycles. The molecule has 1 rings (SSSR count). The third kappa shape index (κ3) is 5.35. The second-order valence-corrected chi connectivity index (χ2v) is 5.88. The average molecular weight is 344 g/mol. The smallest absolute Gasteiger partial charge is 0.241 e. The molecule has 1 aromatic rings. The minimum atomic E-state index is -3.40. The van der Waals surface area contributed by atoms with Crippen molar-refractivity contribution in [3.63, 3.8) is 0 Å². The summed E-state index contributed by atoms with van der Waals surface area (Å²) in [7, 11) is -1.56. The van der Waals surface area contributed by atoms with Gasteiger partial charge in [-0.2, -0.15) is 0 Å². The summed E-state index contributed by atoms with van der Waals surface area (Å²) < 4.78 is 26.8. The van der Waals surface area contributed by atoms with Crippen LogP contribution in [0.2, 0.25) is 0 Å². The molecule has 0 fully saturated rings. The lowest BCUT2D eigenvalue weighted by Crippen LogP contribution is -2.27. The Hall–Kier alpha value is -0.140. The summed E-state index contributed by atoms with van der Waals surface area (Å²) in [5, 5.41) is 2.96. The molecule has 0 unspecified atom stereocenters. The van der Waals surface area contributed by atoms with Crippen molar-refractivity contribution in [2.45, 2.75) is 11.3 Å². The molecule has 1 aromatic carbocycles. The van der Waals surface area contributed by atoms with Crippen molar-refractivity contribution >= 4 is 38.4 Å². The van der Waals surface area contributed by atoms with E-state index < -0.39 is 10.0 Å². The van der Waals surface area contributed by atoms with E-state index in [4.69, 9.17) is 0 Å². The normalized spacial score (nSPS) is 10.9. The molecule has 0 saturated heterocycles. The first-order valence-corrected chi connectivity index (χ1v) is 7.24. The maximum atomic E-state index is 11.9. The van der Waals surface area contributed by atoms with E-state index in [-0.39, 0.29) is 17.3 Å². The summed E-state index contributed by atoms with van der Waals surface area (Å²) in [6.45, 7) is 1.23. The van der Waals surface area contributed by atoms with E-state index in [0.717, 1.165) is 13.0 Å². The molecular formula is C10H16BrClN2O2S. The van der Waals surface area contributed by atoms with E-state index in [1.54, 1.807) is 24.3 Å². The summed E-state index contributed by atoms with van der Waals surface area (Å²) in [6.07, 6.45) is 0.764. The molecule has 4 nitrogen and oxygen atoms in total. The first-order chi connectivity index (χ1) is 7.58. The molecule has 0 aliphatic rings. The van der Waals surface area contributed by atoms with Gasteiger partial charge in [-0.1, -0.05) is 12.1 Å². The Morgan fingerprint density at radius 1 is 1.24 bits per heavy atom. The lowest BCUT2D eigenvalue weighted by molar-refractivity contribution is 0.576. The van der Waals surface area contributed by atoms with Gasteiger partial charge in [0.15, 0.2) is 0 Å². The molecule has 0 bridgehead atoms. The molecule has 7 heteroatoms. The van der Waals surface area contributed by atoms with Crippen LogP contribution >= 0.6 is 28.3 Å². The summed E-state index contributed by atoms with van der Waals surface area (Å²) in [5.41, 5.74) is 0. The SMILES string of the molecule is CNCCCNS(=O)(=O)c1ccccc1Br.Cl. The van der Waals surface area contributed by atoms with Crippen LogP contribution in [-0.4, -0.2) is 28.6 Å². The zero-order valence-corrected chi connectivity index (χ0v) is 12.7. The third-order valence-corrected chi connectivity index (χ3v) is 4.49. The zero-order valence-electron chi connectivity index (χ0n) is 9.44. The molecule has 0 radical (unpaired) electrons. The first-order valence-electron chi connectivity index (χ1n) is 4.97. The van der Waals surface area contributed by atoms with Crippen LogP contribution < -0.4 is 10.0 Å².